The van der Waals surface area contributed by atoms with Gasteiger partial charge in [0.2, 0.25) is 0 Å². The summed E-state index contributed by atoms with van der Waals surface area (Å²) in [4.78, 5) is 0. The van der Waals surface area contributed by atoms with E-state index >= 15 is 0 Å². The van der Waals surface area contributed by atoms with Crippen molar-refractivity contribution in [1.29, 1.82) is 0 Å². The van der Waals surface area contributed by atoms with Crippen LogP contribution in [0.1, 0.15) is 26.7 Å². The van der Waals surface area contributed by atoms with Crippen LogP contribution in [0.25, 0.3) is 0 Å². The van der Waals surface area contributed by atoms with Crippen molar-refractivity contribution in [1.82, 2.24) is 5.32 Å². The van der Waals surface area contributed by atoms with Crippen LogP contribution in [0, 0.1) is 5.92 Å². The monoisotopic (exact) mass is 173 g/mol. The van der Waals surface area contributed by atoms with Crippen LogP contribution in [0.3, 0.4) is 0 Å². The highest BCUT2D eigenvalue weighted by atomic mass is 32.2. The van der Waals surface area contributed by atoms with E-state index in [-0.39, 0.29) is 0 Å². The molecule has 1 heterocycles. The Hall–Kier alpha value is 0.310. The highest BCUT2D eigenvalue weighted by Crippen LogP contribution is 2.27. The van der Waals surface area contributed by atoms with Gasteiger partial charge in [0.15, 0.2) is 0 Å². The lowest BCUT2D eigenvalue weighted by atomic mass is 9.98. The molecule has 0 aromatic rings. The van der Waals surface area contributed by atoms with Gasteiger partial charge in [0, 0.05) is 11.8 Å². The second kappa shape index (κ2) is 5.04. The molecule has 2 atom stereocenters. The fraction of sp³-hybridized carbons (Fsp3) is 1.00. The Kier molecular flexibility index (Phi) is 4.31. The normalized spacial score (nSPS) is 31.1. The minimum absolute atomic E-state index is 0.810. The highest BCUT2D eigenvalue weighted by Gasteiger charge is 2.25. The van der Waals surface area contributed by atoms with Crippen LogP contribution in [0.4, 0.5) is 0 Å². The lowest BCUT2D eigenvalue weighted by molar-refractivity contribution is 0.409. The van der Waals surface area contributed by atoms with Gasteiger partial charge in [0.05, 0.1) is 0 Å². The quantitative estimate of drug-likeness (QED) is 0.699. The molecule has 0 radical (unpaired) electrons. The fourth-order valence-corrected chi connectivity index (χ4v) is 3.22. The Morgan fingerprint density at radius 1 is 1.36 bits per heavy atom. The average molecular weight is 173 g/mol. The molecule has 0 bridgehead atoms. The Morgan fingerprint density at radius 2 is 2.18 bits per heavy atom. The zero-order valence-corrected chi connectivity index (χ0v) is 8.41. The van der Waals surface area contributed by atoms with E-state index in [0.717, 1.165) is 18.5 Å². The van der Waals surface area contributed by atoms with E-state index in [4.69, 9.17) is 0 Å². The van der Waals surface area contributed by atoms with E-state index in [1.165, 1.54) is 24.3 Å². The van der Waals surface area contributed by atoms with Gasteiger partial charge < -0.3 is 5.32 Å². The van der Waals surface area contributed by atoms with Gasteiger partial charge in [-0.25, -0.2) is 0 Å². The van der Waals surface area contributed by atoms with Crippen molar-refractivity contribution in [2.75, 3.05) is 18.1 Å². The summed E-state index contributed by atoms with van der Waals surface area (Å²) in [7, 11) is 0. The molecular formula is C9H19NS. The summed E-state index contributed by atoms with van der Waals surface area (Å²) >= 11 is 2.11. The van der Waals surface area contributed by atoms with Gasteiger partial charge in [-0.15, -0.1) is 0 Å². The van der Waals surface area contributed by atoms with Crippen LogP contribution < -0.4 is 5.32 Å². The molecule has 1 aliphatic rings. The maximum atomic E-state index is 3.56. The van der Waals surface area contributed by atoms with Crippen molar-refractivity contribution in [2.45, 2.75) is 32.7 Å². The SMILES string of the molecule is CCCC1CSCC1NCC. The molecule has 66 valence electrons. The predicted octanol–water partition coefficient (Wildman–Crippen LogP) is 2.13. The highest BCUT2D eigenvalue weighted by molar-refractivity contribution is 7.99. The molecule has 0 saturated carbocycles. The van der Waals surface area contributed by atoms with Crippen molar-refractivity contribution in [3.05, 3.63) is 0 Å². The summed E-state index contributed by atoms with van der Waals surface area (Å²) in [6.07, 6.45) is 2.75. The van der Waals surface area contributed by atoms with Crippen molar-refractivity contribution >= 4 is 11.8 Å². The third kappa shape index (κ3) is 2.68. The van der Waals surface area contributed by atoms with Gasteiger partial charge in [-0.2, -0.15) is 11.8 Å². The molecule has 0 aromatic heterocycles. The van der Waals surface area contributed by atoms with Crippen LogP contribution in [0.15, 0.2) is 0 Å². The molecule has 0 amide bonds. The summed E-state index contributed by atoms with van der Waals surface area (Å²) in [5.74, 6) is 3.66. The average Bonchev–Trinajstić information content (AvgIpc) is 2.39. The smallest absolute Gasteiger partial charge is 0.0194 e. The second-order valence-corrected chi connectivity index (χ2v) is 4.33. The number of rotatable bonds is 4. The zero-order valence-electron chi connectivity index (χ0n) is 7.60. The zero-order chi connectivity index (χ0) is 8.10. The molecule has 0 aliphatic carbocycles. The molecule has 1 aliphatic heterocycles. The summed E-state index contributed by atoms with van der Waals surface area (Å²) in [5, 5.41) is 3.56. The molecule has 1 rings (SSSR count). The predicted molar refractivity (Wildman–Crippen MR) is 53.2 cm³/mol. The van der Waals surface area contributed by atoms with E-state index in [1.54, 1.807) is 0 Å². The lowest BCUT2D eigenvalue weighted by Crippen LogP contribution is -2.34. The van der Waals surface area contributed by atoms with Crippen molar-refractivity contribution in [2.24, 2.45) is 5.92 Å². The van der Waals surface area contributed by atoms with E-state index in [9.17, 15) is 0 Å². The van der Waals surface area contributed by atoms with Crippen LogP contribution in [0.5, 0.6) is 0 Å². The van der Waals surface area contributed by atoms with Gasteiger partial charge >= 0.3 is 0 Å². The Bertz CT molecular complexity index is 93.7. The fourth-order valence-electron chi connectivity index (χ4n) is 1.74. The van der Waals surface area contributed by atoms with Crippen molar-refractivity contribution < 1.29 is 0 Å². The third-order valence-corrected chi connectivity index (χ3v) is 3.58. The topological polar surface area (TPSA) is 12.0 Å². The van der Waals surface area contributed by atoms with Gasteiger partial charge in [0.25, 0.3) is 0 Å². The molecule has 1 N–H and O–H groups in total. The number of hydrogen-bond donors (Lipinski definition) is 1. The lowest BCUT2D eigenvalue weighted by Gasteiger charge is -2.18. The first-order valence-electron chi connectivity index (χ1n) is 4.69. The maximum absolute atomic E-state index is 3.56. The first-order valence-corrected chi connectivity index (χ1v) is 5.85. The molecule has 0 aromatic carbocycles. The van der Waals surface area contributed by atoms with Crippen LogP contribution in [0.2, 0.25) is 0 Å². The number of hydrogen-bond acceptors (Lipinski definition) is 2. The number of nitrogens with one attached hydrogen (secondary N) is 1. The standard InChI is InChI=1S/C9H19NS/c1-3-5-8-6-11-7-9(8)10-4-2/h8-10H,3-7H2,1-2H3. The summed E-state index contributed by atoms with van der Waals surface area (Å²) < 4.78 is 0. The van der Waals surface area contributed by atoms with Gasteiger partial charge in [0.1, 0.15) is 0 Å². The van der Waals surface area contributed by atoms with E-state index < -0.39 is 0 Å². The van der Waals surface area contributed by atoms with Crippen molar-refractivity contribution in [3.8, 4) is 0 Å². The molecular weight excluding hydrogens is 154 g/mol. The summed E-state index contributed by atoms with van der Waals surface area (Å²) in [6.45, 7) is 5.61. The minimum atomic E-state index is 0.810. The largest absolute Gasteiger partial charge is 0.313 e. The second-order valence-electron chi connectivity index (χ2n) is 3.25. The van der Waals surface area contributed by atoms with Crippen LogP contribution in [-0.4, -0.2) is 24.1 Å². The summed E-state index contributed by atoms with van der Waals surface area (Å²) in [5.41, 5.74) is 0. The van der Waals surface area contributed by atoms with Crippen LogP contribution >= 0.6 is 11.8 Å². The molecule has 1 nitrogen and oxygen atoms in total. The first kappa shape index (κ1) is 9.40. The van der Waals surface area contributed by atoms with E-state index in [2.05, 4.69) is 30.9 Å². The van der Waals surface area contributed by atoms with Gasteiger partial charge in [-0.3, -0.25) is 0 Å². The molecule has 0 spiro atoms. The van der Waals surface area contributed by atoms with E-state index in [0.29, 0.717) is 0 Å². The molecule has 2 heteroatoms. The van der Waals surface area contributed by atoms with Gasteiger partial charge in [-0.05, 0) is 24.6 Å². The Morgan fingerprint density at radius 3 is 2.82 bits per heavy atom. The third-order valence-electron chi connectivity index (χ3n) is 2.32. The van der Waals surface area contributed by atoms with Crippen molar-refractivity contribution in [3.63, 3.8) is 0 Å². The molecule has 11 heavy (non-hydrogen) atoms. The van der Waals surface area contributed by atoms with Crippen LogP contribution in [-0.2, 0) is 0 Å². The maximum Gasteiger partial charge on any atom is 0.0194 e. The first-order chi connectivity index (χ1) is 5.38. The molecule has 2 unspecified atom stereocenters. The Labute approximate surface area is 74.3 Å². The molecule has 1 saturated heterocycles. The number of thioether (sulfide) groups is 1. The summed E-state index contributed by atoms with van der Waals surface area (Å²) in [6, 6.07) is 0.810. The van der Waals surface area contributed by atoms with E-state index in [1.807, 2.05) is 0 Å². The Balaban J connectivity index is 2.25. The minimum Gasteiger partial charge on any atom is -0.313 e. The molecule has 1 fully saturated rings. The van der Waals surface area contributed by atoms with Gasteiger partial charge in [-0.1, -0.05) is 20.3 Å².